The van der Waals surface area contributed by atoms with Crippen LogP contribution in [0.25, 0.3) is 0 Å². The van der Waals surface area contributed by atoms with Crippen LogP contribution in [0, 0.1) is 0 Å². The van der Waals surface area contributed by atoms with E-state index in [2.05, 4.69) is 0 Å². The number of rotatable bonds is 3. The molecule has 4 unspecified atom stereocenters. The van der Waals surface area contributed by atoms with Gasteiger partial charge < -0.3 is 19.3 Å². The Labute approximate surface area is 99.8 Å². The van der Waals surface area contributed by atoms with Crippen molar-refractivity contribution in [3.63, 3.8) is 0 Å². The first-order chi connectivity index (χ1) is 7.82. The van der Waals surface area contributed by atoms with Crippen molar-refractivity contribution in [2.45, 2.75) is 51.3 Å². The number of hydrogen-bond donors (Lipinski definition) is 1. The molecule has 0 spiro atoms. The van der Waals surface area contributed by atoms with Gasteiger partial charge in [-0.05, 0) is 13.8 Å². The summed E-state index contributed by atoms with van der Waals surface area (Å²) in [5.41, 5.74) is -1.70. The third kappa shape index (κ3) is 2.65. The summed E-state index contributed by atoms with van der Waals surface area (Å²) in [7, 11) is 1.39. The summed E-state index contributed by atoms with van der Waals surface area (Å²) >= 11 is 0. The van der Waals surface area contributed by atoms with Gasteiger partial charge in [-0.1, -0.05) is 0 Å². The van der Waals surface area contributed by atoms with E-state index in [1.165, 1.54) is 21.0 Å². The number of methoxy groups -OCH3 is 1. The minimum Gasteiger partial charge on any atom is -0.436 e. The molecule has 0 radical (unpaired) electrons. The predicted molar refractivity (Wildman–Crippen MR) is 57.1 cm³/mol. The molecule has 0 saturated carbocycles. The zero-order chi connectivity index (χ0) is 13.2. The molecule has 0 aromatic heterocycles. The van der Waals surface area contributed by atoms with E-state index in [1.807, 2.05) is 0 Å². The summed E-state index contributed by atoms with van der Waals surface area (Å²) in [6.07, 6.45) is -2.24. The average Bonchev–Trinajstić information content (AvgIpc) is 2.21. The van der Waals surface area contributed by atoms with Gasteiger partial charge in [0.05, 0.1) is 6.10 Å². The molecule has 0 bridgehead atoms. The summed E-state index contributed by atoms with van der Waals surface area (Å²) in [6, 6.07) is 0. The van der Waals surface area contributed by atoms with Gasteiger partial charge in [-0.3, -0.25) is 9.59 Å². The van der Waals surface area contributed by atoms with Crippen LogP contribution < -0.4 is 0 Å². The van der Waals surface area contributed by atoms with Crippen molar-refractivity contribution in [2.24, 2.45) is 0 Å². The van der Waals surface area contributed by atoms with Crippen molar-refractivity contribution >= 4 is 11.8 Å². The first kappa shape index (κ1) is 14.1. The predicted octanol–water partition coefficient (Wildman–Crippen LogP) is 0.0195. The Morgan fingerprint density at radius 2 is 2.00 bits per heavy atom. The number of ether oxygens (including phenoxy) is 3. The lowest BCUT2D eigenvalue weighted by Crippen LogP contribution is -2.63. The van der Waals surface area contributed by atoms with Crippen LogP contribution in [0.1, 0.15) is 27.2 Å². The molecule has 1 N–H and O–H groups in total. The topological polar surface area (TPSA) is 82.1 Å². The molecule has 98 valence electrons. The largest absolute Gasteiger partial charge is 0.436 e. The maximum atomic E-state index is 11.5. The van der Waals surface area contributed by atoms with Crippen LogP contribution >= 0.6 is 0 Å². The van der Waals surface area contributed by atoms with Crippen LogP contribution in [0.5, 0.6) is 0 Å². The van der Waals surface area contributed by atoms with E-state index in [4.69, 9.17) is 14.2 Å². The van der Waals surface area contributed by atoms with Gasteiger partial charge in [0.1, 0.15) is 6.10 Å². The van der Waals surface area contributed by atoms with Crippen molar-refractivity contribution in [3.8, 4) is 0 Å². The van der Waals surface area contributed by atoms with Gasteiger partial charge in [0, 0.05) is 20.5 Å². The SMILES string of the molecule is COC1CC(OC(C)=O)OC(C)C1(O)C(C)=O. The van der Waals surface area contributed by atoms with Crippen LogP contribution in [0.15, 0.2) is 0 Å². The molecule has 1 saturated heterocycles. The molecule has 6 heteroatoms. The fourth-order valence-corrected chi connectivity index (χ4v) is 2.05. The third-order valence-electron chi connectivity index (χ3n) is 3.02. The van der Waals surface area contributed by atoms with E-state index in [0.29, 0.717) is 0 Å². The van der Waals surface area contributed by atoms with Crippen LogP contribution in [0.3, 0.4) is 0 Å². The molecule has 1 heterocycles. The third-order valence-corrected chi connectivity index (χ3v) is 3.02. The van der Waals surface area contributed by atoms with Crippen molar-refractivity contribution in [1.82, 2.24) is 0 Å². The van der Waals surface area contributed by atoms with Gasteiger partial charge >= 0.3 is 5.97 Å². The number of ketones is 1. The zero-order valence-corrected chi connectivity index (χ0v) is 10.4. The number of Topliss-reactive ketones (excluding diaryl/α,β-unsaturated/α-hetero) is 1. The molecular formula is C11H18O6. The molecule has 1 aliphatic heterocycles. The number of hydrogen-bond acceptors (Lipinski definition) is 6. The molecule has 17 heavy (non-hydrogen) atoms. The maximum Gasteiger partial charge on any atom is 0.304 e. The van der Waals surface area contributed by atoms with E-state index < -0.39 is 35.9 Å². The molecule has 0 aliphatic carbocycles. The lowest BCUT2D eigenvalue weighted by molar-refractivity contribution is -0.270. The number of esters is 1. The second-order valence-electron chi connectivity index (χ2n) is 4.16. The van der Waals surface area contributed by atoms with Crippen molar-refractivity contribution in [2.75, 3.05) is 7.11 Å². The number of carbonyl (C=O) groups is 2. The zero-order valence-electron chi connectivity index (χ0n) is 10.4. The Hall–Kier alpha value is -0.980. The maximum absolute atomic E-state index is 11.5. The molecule has 1 rings (SSSR count). The summed E-state index contributed by atoms with van der Waals surface area (Å²) in [5, 5.41) is 10.3. The summed E-state index contributed by atoms with van der Waals surface area (Å²) < 4.78 is 15.3. The first-order valence-corrected chi connectivity index (χ1v) is 5.41. The quantitative estimate of drug-likeness (QED) is 0.707. The minimum atomic E-state index is -1.70. The second-order valence-corrected chi connectivity index (χ2v) is 4.16. The Balaban J connectivity index is 2.87. The fourth-order valence-electron chi connectivity index (χ4n) is 2.05. The number of carbonyl (C=O) groups excluding carboxylic acids is 2. The normalized spacial score (nSPS) is 37.6. The molecule has 1 aliphatic rings. The highest BCUT2D eigenvalue weighted by Gasteiger charge is 2.53. The summed E-state index contributed by atoms with van der Waals surface area (Å²) in [4.78, 5) is 22.3. The summed E-state index contributed by atoms with van der Waals surface area (Å²) in [5.74, 6) is -0.913. The molecule has 1 fully saturated rings. The molecule has 0 amide bonds. The van der Waals surface area contributed by atoms with E-state index in [-0.39, 0.29) is 6.42 Å². The lowest BCUT2D eigenvalue weighted by atomic mass is 9.83. The molecule has 0 aromatic rings. The monoisotopic (exact) mass is 246 g/mol. The van der Waals surface area contributed by atoms with Gasteiger partial charge in [0.2, 0.25) is 6.29 Å². The molecule has 4 atom stereocenters. The van der Waals surface area contributed by atoms with Crippen molar-refractivity contribution in [1.29, 1.82) is 0 Å². The Bertz CT molecular complexity index is 315. The highest BCUT2D eigenvalue weighted by molar-refractivity contribution is 5.86. The minimum absolute atomic E-state index is 0.122. The van der Waals surface area contributed by atoms with Crippen molar-refractivity contribution in [3.05, 3.63) is 0 Å². The van der Waals surface area contributed by atoms with Crippen molar-refractivity contribution < 1.29 is 28.9 Å². The van der Waals surface area contributed by atoms with E-state index in [0.717, 1.165) is 0 Å². The standard InChI is InChI=1S/C11H18O6/c1-6(12)11(14)7(2)16-10(17-8(3)13)5-9(11)15-4/h7,9-10,14H,5H2,1-4H3. The van der Waals surface area contributed by atoms with Gasteiger partial charge in [-0.25, -0.2) is 0 Å². The van der Waals surface area contributed by atoms with Gasteiger partial charge in [-0.15, -0.1) is 0 Å². The highest BCUT2D eigenvalue weighted by Crippen LogP contribution is 2.32. The summed E-state index contributed by atoms with van der Waals surface area (Å²) in [6.45, 7) is 4.09. The Morgan fingerprint density at radius 3 is 2.41 bits per heavy atom. The molecular weight excluding hydrogens is 228 g/mol. The fraction of sp³-hybridized carbons (Fsp3) is 0.818. The Kier molecular flexibility index (Phi) is 4.24. The van der Waals surface area contributed by atoms with Crippen LogP contribution in [-0.4, -0.2) is 48.1 Å². The molecule has 0 aromatic carbocycles. The van der Waals surface area contributed by atoms with E-state index in [9.17, 15) is 14.7 Å². The average molecular weight is 246 g/mol. The van der Waals surface area contributed by atoms with Crippen LogP contribution in [-0.2, 0) is 23.8 Å². The molecule has 6 nitrogen and oxygen atoms in total. The lowest BCUT2D eigenvalue weighted by Gasteiger charge is -2.44. The van der Waals surface area contributed by atoms with Crippen LogP contribution in [0.2, 0.25) is 0 Å². The number of aliphatic hydroxyl groups is 1. The highest BCUT2D eigenvalue weighted by atomic mass is 16.7. The van der Waals surface area contributed by atoms with E-state index >= 15 is 0 Å². The van der Waals surface area contributed by atoms with Crippen LogP contribution in [0.4, 0.5) is 0 Å². The van der Waals surface area contributed by atoms with Gasteiger partial charge in [-0.2, -0.15) is 0 Å². The second kappa shape index (κ2) is 5.12. The van der Waals surface area contributed by atoms with E-state index in [1.54, 1.807) is 6.92 Å². The smallest absolute Gasteiger partial charge is 0.304 e. The van der Waals surface area contributed by atoms with Gasteiger partial charge in [0.15, 0.2) is 11.4 Å². The Morgan fingerprint density at radius 1 is 1.41 bits per heavy atom. The van der Waals surface area contributed by atoms with Gasteiger partial charge in [0.25, 0.3) is 0 Å². The first-order valence-electron chi connectivity index (χ1n) is 5.41.